The fourth-order valence-corrected chi connectivity index (χ4v) is 3.16. The first-order valence-electron chi connectivity index (χ1n) is 6.08. The quantitative estimate of drug-likeness (QED) is 0.867. The fraction of sp³-hybridized carbons (Fsp3) is 0.615. The maximum atomic E-state index is 11.9. The molecule has 0 aromatic carbocycles. The standard InChI is InChI=1S/C13H19NO2S/c1-13(2,16)8-14-12(15)11-7-9-5-3-4-6-10(9)17-11/h7,16H,3-6,8H2,1-2H3,(H,14,15). The van der Waals surface area contributed by atoms with E-state index in [2.05, 4.69) is 5.32 Å². The van der Waals surface area contributed by atoms with Crippen LogP contribution in [0.2, 0.25) is 0 Å². The molecule has 0 saturated carbocycles. The number of amides is 1. The molecule has 0 saturated heterocycles. The Labute approximate surface area is 106 Å². The van der Waals surface area contributed by atoms with Crippen LogP contribution >= 0.6 is 11.3 Å². The van der Waals surface area contributed by atoms with E-state index >= 15 is 0 Å². The Balaban J connectivity index is 2.02. The Morgan fingerprint density at radius 2 is 2.18 bits per heavy atom. The summed E-state index contributed by atoms with van der Waals surface area (Å²) in [7, 11) is 0. The van der Waals surface area contributed by atoms with Crippen LogP contribution in [0.25, 0.3) is 0 Å². The second kappa shape index (κ2) is 4.78. The van der Waals surface area contributed by atoms with Crippen LogP contribution in [0, 0.1) is 0 Å². The number of aryl methyl sites for hydroxylation is 2. The van der Waals surface area contributed by atoms with Gasteiger partial charge in [0.2, 0.25) is 0 Å². The largest absolute Gasteiger partial charge is 0.389 e. The predicted molar refractivity (Wildman–Crippen MR) is 69.6 cm³/mol. The van der Waals surface area contributed by atoms with Gasteiger partial charge < -0.3 is 10.4 Å². The number of nitrogens with one attached hydrogen (secondary N) is 1. The summed E-state index contributed by atoms with van der Waals surface area (Å²) in [6.07, 6.45) is 4.68. The third-order valence-electron chi connectivity index (χ3n) is 2.90. The molecule has 0 unspecified atom stereocenters. The molecule has 0 aliphatic heterocycles. The maximum absolute atomic E-state index is 11.9. The minimum atomic E-state index is -0.855. The van der Waals surface area contributed by atoms with Gasteiger partial charge in [-0.25, -0.2) is 0 Å². The Bertz CT molecular complexity index is 394. The van der Waals surface area contributed by atoms with E-state index in [1.165, 1.54) is 23.3 Å². The average molecular weight is 253 g/mol. The number of carbonyl (C=O) groups is 1. The van der Waals surface area contributed by atoms with Crippen LogP contribution in [0.1, 0.15) is 46.8 Å². The number of hydrogen-bond donors (Lipinski definition) is 2. The molecule has 2 N–H and O–H groups in total. The fourth-order valence-electron chi connectivity index (χ4n) is 1.99. The van der Waals surface area contributed by atoms with Gasteiger partial charge in [0.1, 0.15) is 0 Å². The number of thiophene rings is 1. The molecule has 2 rings (SSSR count). The van der Waals surface area contributed by atoms with Gasteiger partial charge in [-0.2, -0.15) is 0 Å². The van der Waals surface area contributed by atoms with Gasteiger partial charge >= 0.3 is 0 Å². The monoisotopic (exact) mass is 253 g/mol. The van der Waals surface area contributed by atoms with Crippen LogP contribution in [-0.4, -0.2) is 23.2 Å². The molecule has 17 heavy (non-hydrogen) atoms. The van der Waals surface area contributed by atoms with Crippen molar-refractivity contribution in [1.82, 2.24) is 5.32 Å². The molecule has 4 heteroatoms. The molecule has 3 nitrogen and oxygen atoms in total. The lowest BCUT2D eigenvalue weighted by Crippen LogP contribution is -2.37. The predicted octanol–water partition coefficient (Wildman–Crippen LogP) is 2.13. The highest BCUT2D eigenvalue weighted by atomic mass is 32.1. The smallest absolute Gasteiger partial charge is 0.261 e. The lowest BCUT2D eigenvalue weighted by Gasteiger charge is -2.17. The van der Waals surface area contributed by atoms with Gasteiger partial charge in [-0.3, -0.25) is 4.79 Å². The Hall–Kier alpha value is -0.870. The van der Waals surface area contributed by atoms with Gasteiger partial charge in [0.15, 0.2) is 0 Å². The molecular weight excluding hydrogens is 234 g/mol. The van der Waals surface area contributed by atoms with Crippen LogP contribution in [0.4, 0.5) is 0 Å². The second-order valence-corrected chi connectivity index (χ2v) is 6.40. The van der Waals surface area contributed by atoms with Gasteiger partial charge in [0, 0.05) is 11.4 Å². The van der Waals surface area contributed by atoms with Gasteiger partial charge in [0.25, 0.3) is 5.91 Å². The molecule has 0 bridgehead atoms. The molecule has 1 aromatic heterocycles. The molecule has 1 amide bonds. The zero-order valence-electron chi connectivity index (χ0n) is 10.4. The SMILES string of the molecule is CC(C)(O)CNC(=O)c1cc2c(s1)CCCC2. The topological polar surface area (TPSA) is 49.3 Å². The van der Waals surface area contributed by atoms with Crippen LogP contribution in [0.15, 0.2) is 6.07 Å². The van der Waals surface area contributed by atoms with E-state index in [9.17, 15) is 9.90 Å². The van der Waals surface area contributed by atoms with Gasteiger partial charge in [0.05, 0.1) is 10.5 Å². The molecule has 0 radical (unpaired) electrons. The number of aliphatic hydroxyl groups is 1. The lowest BCUT2D eigenvalue weighted by molar-refractivity contribution is 0.0696. The number of hydrogen-bond acceptors (Lipinski definition) is 3. The van der Waals surface area contributed by atoms with Crippen LogP contribution < -0.4 is 5.32 Å². The summed E-state index contributed by atoms with van der Waals surface area (Å²) in [6, 6.07) is 2.01. The summed E-state index contributed by atoms with van der Waals surface area (Å²) in [4.78, 5) is 14.0. The number of carbonyl (C=O) groups excluding carboxylic acids is 1. The van der Waals surface area contributed by atoms with Crippen LogP contribution in [0.3, 0.4) is 0 Å². The maximum Gasteiger partial charge on any atom is 0.261 e. The van der Waals surface area contributed by atoms with Crippen molar-refractivity contribution in [3.8, 4) is 0 Å². The highest BCUT2D eigenvalue weighted by Gasteiger charge is 2.19. The van der Waals surface area contributed by atoms with Crippen molar-refractivity contribution in [2.75, 3.05) is 6.54 Å². The van der Waals surface area contributed by atoms with E-state index in [0.717, 1.165) is 17.7 Å². The zero-order valence-corrected chi connectivity index (χ0v) is 11.2. The summed E-state index contributed by atoms with van der Waals surface area (Å²) in [5.41, 5.74) is 0.488. The molecule has 94 valence electrons. The Kier molecular flexibility index (Phi) is 3.54. The Morgan fingerprint density at radius 3 is 2.82 bits per heavy atom. The van der Waals surface area contributed by atoms with Crippen molar-refractivity contribution in [3.05, 3.63) is 21.4 Å². The van der Waals surface area contributed by atoms with Crippen molar-refractivity contribution in [2.45, 2.75) is 45.1 Å². The normalized spacial score (nSPS) is 15.5. The summed E-state index contributed by atoms with van der Waals surface area (Å²) >= 11 is 1.60. The van der Waals surface area contributed by atoms with Gasteiger partial charge in [-0.1, -0.05) is 0 Å². The van der Waals surface area contributed by atoms with Crippen molar-refractivity contribution >= 4 is 17.2 Å². The molecular formula is C13H19NO2S. The summed E-state index contributed by atoms with van der Waals surface area (Å²) in [5, 5.41) is 12.3. The Morgan fingerprint density at radius 1 is 1.47 bits per heavy atom. The number of rotatable bonds is 3. The first kappa shape index (κ1) is 12.6. The first-order chi connectivity index (χ1) is 7.96. The van der Waals surface area contributed by atoms with Gasteiger partial charge in [-0.15, -0.1) is 11.3 Å². The molecule has 0 spiro atoms. The summed E-state index contributed by atoms with van der Waals surface area (Å²) in [6.45, 7) is 3.66. The van der Waals surface area contributed by atoms with Crippen LogP contribution in [-0.2, 0) is 12.8 Å². The highest BCUT2D eigenvalue weighted by molar-refractivity contribution is 7.14. The summed E-state index contributed by atoms with van der Waals surface area (Å²) < 4.78 is 0. The van der Waals surface area contributed by atoms with Crippen LogP contribution in [0.5, 0.6) is 0 Å². The minimum Gasteiger partial charge on any atom is -0.389 e. The molecule has 1 aromatic rings. The van der Waals surface area contributed by atoms with Gasteiger partial charge in [-0.05, 0) is 51.2 Å². The van der Waals surface area contributed by atoms with Crippen molar-refractivity contribution in [1.29, 1.82) is 0 Å². The van der Waals surface area contributed by atoms with E-state index in [0.29, 0.717) is 0 Å². The second-order valence-electron chi connectivity index (χ2n) is 5.26. The third-order valence-corrected chi connectivity index (χ3v) is 4.14. The van der Waals surface area contributed by atoms with E-state index in [1.807, 2.05) is 6.07 Å². The molecule has 1 heterocycles. The minimum absolute atomic E-state index is 0.0634. The summed E-state index contributed by atoms with van der Waals surface area (Å²) in [5.74, 6) is -0.0634. The average Bonchev–Trinajstić information content (AvgIpc) is 2.68. The number of fused-ring (bicyclic) bond motifs is 1. The molecule has 1 aliphatic carbocycles. The van der Waals surface area contributed by atoms with E-state index in [-0.39, 0.29) is 12.5 Å². The highest BCUT2D eigenvalue weighted by Crippen LogP contribution is 2.29. The molecule has 1 aliphatic rings. The van der Waals surface area contributed by atoms with Crippen molar-refractivity contribution in [3.63, 3.8) is 0 Å². The van der Waals surface area contributed by atoms with E-state index in [1.54, 1.807) is 25.2 Å². The first-order valence-corrected chi connectivity index (χ1v) is 6.89. The molecule has 0 fully saturated rings. The lowest BCUT2D eigenvalue weighted by atomic mass is 9.99. The van der Waals surface area contributed by atoms with E-state index in [4.69, 9.17) is 0 Å². The van der Waals surface area contributed by atoms with Crippen molar-refractivity contribution in [2.24, 2.45) is 0 Å². The zero-order chi connectivity index (χ0) is 12.5. The third kappa shape index (κ3) is 3.30. The van der Waals surface area contributed by atoms with E-state index < -0.39 is 5.60 Å². The van der Waals surface area contributed by atoms with Crippen molar-refractivity contribution < 1.29 is 9.90 Å². The molecule has 0 atom stereocenters.